The molecular formula is C9H20N2O. The van der Waals surface area contributed by atoms with Gasteiger partial charge >= 0.3 is 0 Å². The van der Waals surface area contributed by atoms with E-state index in [4.69, 9.17) is 5.73 Å². The first kappa shape index (κ1) is 11.4. The molecule has 1 atom stereocenters. The molecule has 12 heavy (non-hydrogen) atoms. The van der Waals surface area contributed by atoms with Crippen LogP contribution in [0.3, 0.4) is 0 Å². The van der Waals surface area contributed by atoms with Gasteiger partial charge in [-0.25, -0.2) is 0 Å². The molecule has 0 bridgehead atoms. The molecule has 0 saturated carbocycles. The number of nitrogens with zero attached hydrogens (tertiary/aromatic N) is 1. The van der Waals surface area contributed by atoms with Crippen molar-refractivity contribution >= 4 is 5.91 Å². The highest BCUT2D eigenvalue weighted by Crippen LogP contribution is 2.15. The summed E-state index contributed by atoms with van der Waals surface area (Å²) in [6, 6.07) is 0.0185. The molecule has 3 nitrogen and oxygen atoms in total. The summed E-state index contributed by atoms with van der Waals surface area (Å²) >= 11 is 0. The fraction of sp³-hybridized carbons (Fsp3) is 0.889. The van der Waals surface area contributed by atoms with Crippen LogP contribution in [0.1, 0.15) is 33.6 Å². The van der Waals surface area contributed by atoms with E-state index >= 15 is 0 Å². The van der Waals surface area contributed by atoms with Crippen molar-refractivity contribution in [2.24, 2.45) is 5.73 Å². The normalized spacial score (nSPS) is 23.1. The van der Waals surface area contributed by atoms with Crippen molar-refractivity contribution in [2.75, 3.05) is 13.1 Å². The molecule has 0 unspecified atom stereocenters. The number of hydrogen-bond donors (Lipinski definition) is 1. The minimum Gasteiger partial charge on any atom is -0.368 e. The topological polar surface area (TPSA) is 46.3 Å². The Labute approximate surface area is 74.9 Å². The second-order valence-electron chi connectivity index (χ2n) is 2.69. The maximum atomic E-state index is 10.8. The number of amides is 1. The van der Waals surface area contributed by atoms with Gasteiger partial charge in [0.15, 0.2) is 0 Å². The van der Waals surface area contributed by atoms with Crippen LogP contribution in [0.4, 0.5) is 0 Å². The summed E-state index contributed by atoms with van der Waals surface area (Å²) < 4.78 is 0. The van der Waals surface area contributed by atoms with Crippen molar-refractivity contribution in [3.63, 3.8) is 0 Å². The summed E-state index contributed by atoms with van der Waals surface area (Å²) in [7, 11) is 0. The largest absolute Gasteiger partial charge is 0.368 e. The summed E-state index contributed by atoms with van der Waals surface area (Å²) in [5, 5.41) is 0. The van der Waals surface area contributed by atoms with Crippen LogP contribution >= 0.6 is 0 Å². The van der Waals surface area contributed by atoms with Crippen molar-refractivity contribution in [1.82, 2.24) is 4.90 Å². The van der Waals surface area contributed by atoms with Crippen LogP contribution in [-0.4, -0.2) is 29.9 Å². The summed E-state index contributed by atoms with van der Waals surface area (Å²) in [4.78, 5) is 12.9. The average molecular weight is 172 g/mol. The molecule has 0 spiro atoms. The van der Waals surface area contributed by atoms with E-state index < -0.39 is 0 Å². The molecule has 1 fully saturated rings. The quantitative estimate of drug-likeness (QED) is 0.675. The van der Waals surface area contributed by atoms with Crippen molar-refractivity contribution in [2.45, 2.75) is 39.7 Å². The third kappa shape index (κ3) is 2.81. The molecule has 72 valence electrons. The van der Waals surface area contributed by atoms with Gasteiger partial charge in [0, 0.05) is 0 Å². The zero-order valence-electron chi connectivity index (χ0n) is 8.34. The highest BCUT2D eigenvalue weighted by molar-refractivity contribution is 5.80. The Kier molecular flexibility index (Phi) is 5.72. The molecule has 1 aliphatic rings. The number of hydrogen-bond acceptors (Lipinski definition) is 2. The van der Waals surface area contributed by atoms with Crippen molar-refractivity contribution < 1.29 is 4.79 Å². The lowest BCUT2D eigenvalue weighted by Crippen LogP contribution is -2.39. The zero-order valence-corrected chi connectivity index (χ0v) is 8.34. The number of carbonyl (C=O) groups excluding carboxylic acids is 1. The van der Waals surface area contributed by atoms with Crippen LogP contribution < -0.4 is 5.73 Å². The Hall–Kier alpha value is -0.570. The lowest BCUT2D eigenvalue weighted by Gasteiger charge is -2.18. The molecule has 0 radical (unpaired) electrons. The van der Waals surface area contributed by atoms with E-state index in [0.29, 0.717) is 0 Å². The maximum absolute atomic E-state index is 10.8. The van der Waals surface area contributed by atoms with Gasteiger partial charge in [0.1, 0.15) is 0 Å². The number of likely N-dealkylation sites (N-methyl/N-ethyl adjacent to an activating group) is 1. The van der Waals surface area contributed by atoms with E-state index in [9.17, 15) is 4.79 Å². The molecule has 1 saturated heterocycles. The minimum absolute atomic E-state index is 0.0185. The van der Waals surface area contributed by atoms with Gasteiger partial charge in [0.25, 0.3) is 0 Å². The number of rotatable bonds is 2. The van der Waals surface area contributed by atoms with Crippen LogP contribution in [0.15, 0.2) is 0 Å². The van der Waals surface area contributed by atoms with Crippen LogP contribution in [0, 0.1) is 0 Å². The van der Waals surface area contributed by atoms with Gasteiger partial charge in [-0.05, 0) is 25.9 Å². The van der Waals surface area contributed by atoms with E-state index in [1.54, 1.807) is 0 Å². The van der Waals surface area contributed by atoms with Crippen molar-refractivity contribution in [3.05, 3.63) is 0 Å². The molecular weight excluding hydrogens is 152 g/mol. The Morgan fingerprint density at radius 2 is 2.17 bits per heavy atom. The molecule has 1 heterocycles. The van der Waals surface area contributed by atoms with Crippen LogP contribution in [0.25, 0.3) is 0 Å². The predicted molar refractivity (Wildman–Crippen MR) is 50.8 cm³/mol. The number of primary amides is 1. The third-order valence-electron chi connectivity index (χ3n) is 2.10. The average Bonchev–Trinajstić information content (AvgIpc) is 2.55. The fourth-order valence-corrected chi connectivity index (χ4v) is 1.53. The van der Waals surface area contributed by atoms with Gasteiger partial charge in [-0.15, -0.1) is 0 Å². The number of carbonyl (C=O) groups is 1. The lowest BCUT2D eigenvalue weighted by atomic mass is 10.2. The SMILES string of the molecule is CC.CCN1CCC[C@@H]1C(N)=O. The first-order chi connectivity index (χ1) is 5.75. The van der Waals surface area contributed by atoms with Crippen LogP contribution in [0.5, 0.6) is 0 Å². The minimum atomic E-state index is -0.167. The number of likely N-dealkylation sites (tertiary alicyclic amines) is 1. The molecule has 1 rings (SSSR count). The van der Waals surface area contributed by atoms with Gasteiger partial charge in [-0.2, -0.15) is 0 Å². The van der Waals surface area contributed by atoms with E-state index in [1.165, 1.54) is 0 Å². The molecule has 0 aliphatic carbocycles. The Morgan fingerprint density at radius 3 is 2.50 bits per heavy atom. The Morgan fingerprint density at radius 1 is 1.58 bits per heavy atom. The molecule has 0 aromatic carbocycles. The van der Waals surface area contributed by atoms with E-state index in [0.717, 1.165) is 25.9 Å². The van der Waals surface area contributed by atoms with E-state index in [1.807, 2.05) is 13.8 Å². The summed E-state index contributed by atoms with van der Waals surface area (Å²) in [6.45, 7) is 8.03. The number of nitrogens with two attached hydrogens (primary N) is 1. The smallest absolute Gasteiger partial charge is 0.234 e. The third-order valence-corrected chi connectivity index (χ3v) is 2.10. The predicted octanol–water partition coefficient (Wildman–Crippen LogP) is 0.982. The highest BCUT2D eigenvalue weighted by atomic mass is 16.1. The van der Waals surface area contributed by atoms with Crippen molar-refractivity contribution in [3.8, 4) is 0 Å². The summed E-state index contributed by atoms with van der Waals surface area (Å²) in [6.07, 6.45) is 2.06. The molecule has 0 aromatic rings. The lowest BCUT2D eigenvalue weighted by molar-refractivity contribution is -0.122. The first-order valence-electron chi connectivity index (χ1n) is 4.79. The van der Waals surface area contributed by atoms with E-state index in [-0.39, 0.29) is 11.9 Å². The van der Waals surface area contributed by atoms with Gasteiger partial charge in [0.05, 0.1) is 6.04 Å². The van der Waals surface area contributed by atoms with E-state index in [2.05, 4.69) is 11.8 Å². The van der Waals surface area contributed by atoms with Crippen LogP contribution in [-0.2, 0) is 4.79 Å². The van der Waals surface area contributed by atoms with Crippen molar-refractivity contribution in [1.29, 1.82) is 0 Å². The maximum Gasteiger partial charge on any atom is 0.234 e. The zero-order chi connectivity index (χ0) is 9.56. The molecule has 1 amide bonds. The highest BCUT2D eigenvalue weighted by Gasteiger charge is 2.26. The van der Waals surface area contributed by atoms with Crippen LogP contribution in [0.2, 0.25) is 0 Å². The molecule has 1 aliphatic heterocycles. The molecule has 3 heteroatoms. The van der Waals surface area contributed by atoms with Gasteiger partial charge in [-0.1, -0.05) is 20.8 Å². The fourth-order valence-electron chi connectivity index (χ4n) is 1.53. The first-order valence-corrected chi connectivity index (χ1v) is 4.79. The van der Waals surface area contributed by atoms with Gasteiger partial charge < -0.3 is 5.73 Å². The second kappa shape index (κ2) is 6.00. The summed E-state index contributed by atoms with van der Waals surface area (Å²) in [5.74, 6) is -0.167. The Balaban J connectivity index is 0.000000561. The molecule has 2 N–H and O–H groups in total. The Bertz CT molecular complexity index is 136. The molecule has 0 aromatic heterocycles. The second-order valence-corrected chi connectivity index (χ2v) is 2.69. The van der Waals surface area contributed by atoms with Gasteiger partial charge in [0.2, 0.25) is 5.91 Å². The monoisotopic (exact) mass is 172 g/mol. The summed E-state index contributed by atoms with van der Waals surface area (Å²) in [5.41, 5.74) is 5.18. The standard InChI is InChI=1S/C7H14N2O.C2H6/c1-2-9-5-3-4-6(9)7(8)10;1-2/h6H,2-5H2,1H3,(H2,8,10);1-2H3/t6-;/m1./s1. The van der Waals surface area contributed by atoms with Gasteiger partial charge in [-0.3, -0.25) is 9.69 Å².